The molecule has 0 aromatic heterocycles. The maximum Gasteiger partial charge on any atom is 0.335 e. The summed E-state index contributed by atoms with van der Waals surface area (Å²) in [5, 5.41) is 11.7. The highest BCUT2D eigenvalue weighted by Crippen LogP contribution is 2.26. The molecule has 1 aromatic rings. The maximum absolute atomic E-state index is 10.7. The van der Waals surface area contributed by atoms with E-state index in [1.165, 1.54) is 6.07 Å². The first-order valence-electron chi connectivity index (χ1n) is 4.58. The standard InChI is InChI=1S/C11H9NO3/c13-6-9-3-1-7-5-8(11(14)15)2-4-10(7)12-9/h2,4-5,12H,1,3H2,(H,14,15). The second kappa shape index (κ2) is 3.59. The molecule has 0 bridgehead atoms. The molecular weight excluding hydrogens is 194 g/mol. The first kappa shape index (κ1) is 9.49. The summed E-state index contributed by atoms with van der Waals surface area (Å²) in [5.41, 5.74) is 2.51. The van der Waals surface area contributed by atoms with Crippen LogP contribution < -0.4 is 5.32 Å². The Kier molecular flexibility index (Phi) is 2.27. The molecule has 0 amide bonds. The molecule has 2 rings (SSSR count). The molecule has 4 nitrogen and oxygen atoms in total. The van der Waals surface area contributed by atoms with Gasteiger partial charge in [0.2, 0.25) is 0 Å². The molecule has 0 aliphatic carbocycles. The molecule has 76 valence electrons. The van der Waals surface area contributed by atoms with Crippen molar-refractivity contribution in [2.24, 2.45) is 0 Å². The molecule has 1 heterocycles. The van der Waals surface area contributed by atoms with E-state index in [-0.39, 0.29) is 5.56 Å². The zero-order valence-electron chi connectivity index (χ0n) is 7.91. The quantitative estimate of drug-likeness (QED) is 0.678. The summed E-state index contributed by atoms with van der Waals surface area (Å²) in [7, 11) is 0. The Morgan fingerprint density at radius 3 is 2.87 bits per heavy atom. The lowest BCUT2D eigenvalue weighted by Gasteiger charge is -2.18. The second-order valence-electron chi connectivity index (χ2n) is 3.38. The Bertz CT molecular complexity index is 473. The van der Waals surface area contributed by atoms with Crippen LogP contribution in [0.4, 0.5) is 5.69 Å². The summed E-state index contributed by atoms with van der Waals surface area (Å²) >= 11 is 0. The molecule has 0 atom stereocenters. The zero-order valence-corrected chi connectivity index (χ0v) is 7.91. The highest BCUT2D eigenvalue weighted by atomic mass is 16.4. The summed E-state index contributed by atoms with van der Waals surface area (Å²) in [6.07, 6.45) is 1.26. The number of allylic oxidation sites excluding steroid dienone is 1. The number of carbonyl (C=O) groups excluding carboxylic acids is 1. The van der Waals surface area contributed by atoms with Gasteiger partial charge in [0, 0.05) is 12.1 Å². The van der Waals surface area contributed by atoms with Crippen molar-refractivity contribution >= 4 is 17.6 Å². The van der Waals surface area contributed by atoms with Gasteiger partial charge in [-0.1, -0.05) is 0 Å². The van der Waals surface area contributed by atoms with E-state index in [0.29, 0.717) is 18.5 Å². The van der Waals surface area contributed by atoms with Crippen LogP contribution in [0.3, 0.4) is 0 Å². The normalized spacial score (nSPS) is 13.7. The zero-order chi connectivity index (χ0) is 10.8. The van der Waals surface area contributed by atoms with Gasteiger partial charge in [-0.05, 0) is 30.2 Å². The van der Waals surface area contributed by atoms with E-state index in [0.717, 1.165) is 11.3 Å². The van der Waals surface area contributed by atoms with Crippen molar-refractivity contribution in [1.82, 2.24) is 0 Å². The SMILES string of the molecule is O=C=C1CCc2cc(C(=O)O)ccc2N1. The van der Waals surface area contributed by atoms with Gasteiger partial charge in [0.1, 0.15) is 11.6 Å². The maximum atomic E-state index is 10.7. The van der Waals surface area contributed by atoms with Gasteiger partial charge in [-0.25, -0.2) is 9.59 Å². The average molecular weight is 203 g/mol. The lowest BCUT2D eigenvalue weighted by molar-refractivity contribution is 0.0697. The molecule has 1 aliphatic heterocycles. The fraction of sp³-hybridized carbons (Fsp3) is 0.182. The Hall–Kier alpha value is -2.06. The number of carboxylic acid groups (broad SMARTS) is 1. The van der Waals surface area contributed by atoms with Crippen LogP contribution in [0.5, 0.6) is 0 Å². The van der Waals surface area contributed by atoms with Gasteiger partial charge in [-0.3, -0.25) is 0 Å². The van der Waals surface area contributed by atoms with Gasteiger partial charge < -0.3 is 10.4 Å². The summed E-state index contributed by atoms with van der Waals surface area (Å²) in [6.45, 7) is 0. The number of anilines is 1. The van der Waals surface area contributed by atoms with E-state index in [9.17, 15) is 9.59 Å². The fourth-order valence-electron chi connectivity index (χ4n) is 1.62. The highest BCUT2D eigenvalue weighted by Gasteiger charge is 2.14. The summed E-state index contributed by atoms with van der Waals surface area (Å²) < 4.78 is 0. The third-order valence-corrected chi connectivity index (χ3v) is 2.41. The van der Waals surface area contributed by atoms with E-state index in [4.69, 9.17) is 5.11 Å². The third-order valence-electron chi connectivity index (χ3n) is 2.41. The van der Waals surface area contributed by atoms with Crippen LogP contribution in [0.1, 0.15) is 22.3 Å². The molecule has 0 fully saturated rings. The lowest BCUT2D eigenvalue weighted by Crippen LogP contribution is -2.11. The highest BCUT2D eigenvalue weighted by molar-refractivity contribution is 5.88. The number of hydrogen-bond donors (Lipinski definition) is 2. The van der Waals surface area contributed by atoms with Crippen molar-refractivity contribution in [1.29, 1.82) is 0 Å². The number of hydrogen-bond acceptors (Lipinski definition) is 3. The minimum absolute atomic E-state index is 0.272. The fourth-order valence-corrected chi connectivity index (χ4v) is 1.62. The lowest BCUT2D eigenvalue weighted by atomic mass is 9.99. The Labute approximate surface area is 86.2 Å². The van der Waals surface area contributed by atoms with E-state index < -0.39 is 5.97 Å². The molecule has 0 saturated heterocycles. The van der Waals surface area contributed by atoms with E-state index in [2.05, 4.69) is 5.32 Å². The van der Waals surface area contributed by atoms with E-state index in [1.54, 1.807) is 12.1 Å². The van der Waals surface area contributed by atoms with Gasteiger partial charge in [0.05, 0.1) is 5.56 Å². The van der Waals surface area contributed by atoms with Crippen molar-refractivity contribution in [2.75, 3.05) is 5.32 Å². The number of rotatable bonds is 1. The molecular formula is C11H9NO3. The predicted octanol–water partition coefficient (Wildman–Crippen LogP) is 1.46. The average Bonchev–Trinajstić information content (AvgIpc) is 2.27. The smallest absolute Gasteiger partial charge is 0.335 e. The number of carbonyl (C=O) groups is 1. The van der Waals surface area contributed by atoms with Crippen LogP contribution in [0.15, 0.2) is 23.9 Å². The summed E-state index contributed by atoms with van der Waals surface area (Å²) in [5.74, 6) is 0.886. The van der Waals surface area contributed by atoms with Crippen LogP contribution in [-0.4, -0.2) is 17.0 Å². The van der Waals surface area contributed by atoms with E-state index in [1.807, 2.05) is 5.94 Å². The molecule has 0 spiro atoms. The molecule has 1 aliphatic rings. The number of aryl methyl sites for hydroxylation is 1. The molecule has 2 N–H and O–H groups in total. The number of benzene rings is 1. The van der Waals surface area contributed by atoms with Crippen molar-refractivity contribution in [3.63, 3.8) is 0 Å². The minimum Gasteiger partial charge on any atom is -0.478 e. The number of aromatic carboxylic acids is 1. The number of carboxylic acids is 1. The van der Waals surface area contributed by atoms with Gasteiger partial charge in [-0.15, -0.1) is 0 Å². The van der Waals surface area contributed by atoms with Gasteiger partial charge in [0.15, 0.2) is 0 Å². The van der Waals surface area contributed by atoms with E-state index >= 15 is 0 Å². The van der Waals surface area contributed by atoms with Crippen LogP contribution in [0, 0.1) is 0 Å². The van der Waals surface area contributed by atoms with Gasteiger partial charge >= 0.3 is 5.97 Å². The second-order valence-corrected chi connectivity index (χ2v) is 3.38. The Morgan fingerprint density at radius 2 is 2.20 bits per heavy atom. The van der Waals surface area contributed by atoms with Crippen LogP contribution >= 0.6 is 0 Å². The van der Waals surface area contributed by atoms with Gasteiger partial charge in [-0.2, -0.15) is 0 Å². The first-order chi connectivity index (χ1) is 7.20. The molecule has 15 heavy (non-hydrogen) atoms. The number of nitrogens with one attached hydrogen (secondary N) is 1. The topological polar surface area (TPSA) is 66.4 Å². The van der Waals surface area contributed by atoms with Gasteiger partial charge in [0.25, 0.3) is 0 Å². The Balaban J connectivity index is 2.40. The molecule has 4 heteroatoms. The minimum atomic E-state index is -0.936. The first-order valence-corrected chi connectivity index (χ1v) is 4.58. The monoisotopic (exact) mass is 203 g/mol. The van der Waals surface area contributed by atoms with Crippen molar-refractivity contribution in [3.05, 3.63) is 35.0 Å². The molecule has 1 aromatic carbocycles. The summed E-state index contributed by atoms with van der Waals surface area (Å²) in [6, 6.07) is 4.82. The van der Waals surface area contributed by atoms with Crippen LogP contribution in [0.25, 0.3) is 0 Å². The largest absolute Gasteiger partial charge is 0.478 e. The van der Waals surface area contributed by atoms with Crippen LogP contribution in [-0.2, 0) is 11.2 Å². The predicted molar refractivity (Wildman–Crippen MR) is 54.6 cm³/mol. The molecule has 0 unspecified atom stereocenters. The van der Waals surface area contributed by atoms with Crippen molar-refractivity contribution < 1.29 is 14.7 Å². The molecule has 0 radical (unpaired) electrons. The molecule has 0 saturated carbocycles. The van der Waals surface area contributed by atoms with Crippen molar-refractivity contribution in [3.8, 4) is 0 Å². The number of fused-ring (bicyclic) bond motifs is 1. The third kappa shape index (κ3) is 1.75. The summed E-state index contributed by atoms with van der Waals surface area (Å²) in [4.78, 5) is 21.1. The Morgan fingerprint density at radius 1 is 1.40 bits per heavy atom. The van der Waals surface area contributed by atoms with Crippen molar-refractivity contribution in [2.45, 2.75) is 12.8 Å². The van der Waals surface area contributed by atoms with Crippen LogP contribution in [0.2, 0.25) is 0 Å².